The van der Waals surface area contributed by atoms with Gasteiger partial charge in [0.2, 0.25) is 0 Å². The van der Waals surface area contributed by atoms with Crippen LogP contribution in [-0.4, -0.2) is 0 Å². The van der Waals surface area contributed by atoms with Gasteiger partial charge in [-0.05, 0) is 167 Å². The van der Waals surface area contributed by atoms with Crippen molar-refractivity contribution in [1.29, 1.82) is 0 Å². The summed E-state index contributed by atoms with van der Waals surface area (Å²) in [6.07, 6.45) is 0. The molecule has 1 heteroatoms. The van der Waals surface area contributed by atoms with Gasteiger partial charge < -0.3 is 0 Å². The highest BCUT2D eigenvalue weighted by Crippen LogP contribution is 2.47. The van der Waals surface area contributed by atoms with Crippen LogP contribution >= 0.6 is 11.3 Å². The zero-order chi connectivity index (χ0) is 42.3. The van der Waals surface area contributed by atoms with E-state index in [1.807, 2.05) is 11.3 Å². The second kappa shape index (κ2) is 13.2. The molecular formula is C64H36S. The monoisotopic (exact) mass is 836 g/mol. The summed E-state index contributed by atoms with van der Waals surface area (Å²) in [7, 11) is 0. The van der Waals surface area contributed by atoms with Gasteiger partial charge in [0.05, 0.1) is 0 Å². The van der Waals surface area contributed by atoms with Gasteiger partial charge in [-0.15, -0.1) is 11.3 Å². The number of benzene rings is 14. The van der Waals surface area contributed by atoms with E-state index in [-0.39, 0.29) is 0 Å². The fourth-order valence-corrected chi connectivity index (χ4v) is 12.5. The number of hydrogen-bond acceptors (Lipinski definition) is 1. The third kappa shape index (κ3) is 5.13. The molecule has 298 valence electrons. The van der Waals surface area contributed by atoms with Gasteiger partial charge in [-0.1, -0.05) is 182 Å². The molecule has 0 atom stereocenters. The van der Waals surface area contributed by atoms with Crippen molar-refractivity contribution in [2.75, 3.05) is 0 Å². The highest BCUT2D eigenvalue weighted by molar-refractivity contribution is 7.25. The van der Waals surface area contributed by atoms with Gasteiger partial charge in [0.1, 0.15) is 0 Å². The summed E-state index contributed by atoms with van der Waals surface area (Å²) >= 11 is 1.89. The first-order chi connectivity index (χ1) is 32.2. The van der Waals surface area contributed by atoms with Crippen LogP contribution < -0.4 is 0 Å². The van der Waals surface area contributed by atoms with E-state index < -0.39 is 0 Å². The molecular weight excluding hydrogens is 801 g/mol. The molecule has 0 spiro atoms. The molecule has 0 N–H and O–H groups in total. The Morgan fingerprint density at radius 2 is 0.492 bits per heavy atom. The lowest BCUT2D eigenvalue weighted by molar-refractivity contribution is 1.69. The molecule has 0 aliphatic rings. The summed E-state index contributed by atoms with van der Waals surface area (Å²) < 4.78 is 2.63. The molecule has 0 saturated heterocycles. The molecule has 14 aromatic carbocycles. The van der Waals surface area contributed by atoms with Crippen LogP contribution in [0.15, 0.2) is 218 Å². The van der Waals surface area contributed by atoms with Crippen LogP contribution in [-0.2, 0) is 0 Å². The van der Waals surface area contributed by atoms with Crippen molar-refractivity contribution in [2.45, 2.75) is 0 Å². The minimum Gasteiger partial charge on any atom is -0.135 e. The Kier molecular flexibility index (Phi) is 7.19. The molecule has 0 fully saturated rings. The van der Waals surface area contributed by atoms with Crippen molar-refractivity contribution in [2.24, 2.45) is 0 Å². The first-order valence-corrected chi connectivity index (χ1v) is 23.4. The van der Waals surface area contributed by atoms with E-state index in [9.17, 15) is 0 Å². The molecule has 0 aliphatic heterocycles. The minimum atomic E-state index is 1.25. The second-order valence-electron chi connectivity index (χ2n) is 17.9. The predicted molar refractivity (Wildman–Crippen MR) is 283 cm³/mol. The maximum Gasteiger partial charge on any atom is 0.0355 e. The Morgan fingerprint density at radius 3 is 0.862 bits per heavy atom. The third-order valence-electron chi connectivity index (χ3n) is 14.5. The average molecular weight is 837 g/mol. The lowest BCUT2D eigenvalue weighted by Crippen LogP contribution is -1.90. The normalized spacial score (nSPS) is 12.3. The lowest BCUT2D eigenvalue weighted by atomic mass is 9.86. The number of fused-ring (bicyclic) bond motifs is 5. The Balaban J connectivity index is 0.875. The minimum absolute atomic E-state index is 1.25. The van der Waals surface area contributed by atoms with Gasteiger partial charge >= 0.3 is 0 Å². The van der Waals surface area contributed by atoms with Gasteiger partial charge in [-0.25, -0.2) is 0 Å². The zero-order valence-electron chi connectivity index (χ0n) is 35.2. The summed E-state index contributed by atoms with van der Waals surface area (Å²) in [5.41, 5.74) is 10.1. The van der Waals surface area contributed by atoms with Crippen LogP contribution in [0.1, 0.15) is 0 Å². The maximum absolute atomic E-state index is 2.45. The smallest absolute Gasteiger partial charge is 0.0355 e. The molecule has 1 aromatic heterocycles. The largest absolute Gasteiger partial charge is 0.135 e. The van der Waals surface area contributed by atoms with E-state index in [2.05, 4.69) is 218 Å². The highest BCUT2D eigenvalue weighted by Gasteiger charge is 2.19. The molecule has 0 unspecified atom stereocenters. The predicted octanol–water partition coefficient (Wildman–Crippen LogP) is 18.8. The summed E-state index contributed by atoms with van der Waals surface area (Å²) in [6, 6.07) is 82.5. The summed E-state index contributed by atoms with van der Waals surface area (Å²) in [5, 5.41) is 23.4. The molecule has 1 heterocycles. The third-order valence-corrected chi connectivity index (χ3v) is 15.7. The fourth-order valence-electron chi connectivity index (χ4n) is 11.4. The standard InChI is InChI=1S/C64H36S/c1-3-7-43-33-45(11-9-37(43)5-1)49-23-13-39-19-29-55-51(25-15-41-17-27-53(49)61(39)63(41)55)47-21-31-59-57(35-47)58-36-48(22-32-60(58)65-59)52-26-16-42-18-28-54-50(24-14-40-20-30-56(52)64(42)62(40)54)46-12-10-38-6-2-4-8-44(38)34-46/h1-36H. The van der Waals surface area contributed by atoms with E-state index in [1.54, 1.807) is 0 Å². The SMILES string of the molecule is c1ccc2cc(-c3ccc4ccc5c(-c6ccc7sc8ccc(-c9ccc%10ccc%11c(-c%12ccc%13ccccc%13c%12)ccc%12ccc9c%10c%12%11)cc8c7c6)ccc6ccc3c4c65)ccc2c1. The van der Waals surface area contributed by atoms with E-state index in [4.69, 9.17) is 0 Å². The van der Waals surface area contributed by atoms with Crippen LogP contribution in [0.4, 0.5) is 0 Å². The van der Waals surface area contributed by atoms with Crippen molar-refractivity contribution in [1.82, 2.24) is 0 Å². The van der Waals surface area contributed by atoms with Gasteiger partial charge in [-0.3, -0.25) is 0 Å². The molecule has 15 aromatic rings. The first kappa shape index (κ1) is 35.4. The van der Waals surface area contributed by atoms with Crippen molar-refractivity contribution in [3.05, 3.63) is 218 Å². The quantitative estimate of drug-likeness (QED) is 0.155. The second-order valence-corrected chi connectivity index (χ2v) is 19.0. The number of rotatable bonds is 4. The van der Waals surface area contributed by atoms with E-state index in [0.717, 1.165) is 0 Å². The van der Waals surface area contributed by atoms with E-state index >= 15 is 0 Å². The Morgan fingerprint density at radius 1 is 0.200 bits per heavy atom. The molecule has 0 amide bonds. The van der Waals surface area contributed by atoms with Crippen LogP contribution in [0.25, 0.3) is 151 Å². The lowest BCUT2D eigenvalue weighted by Gasteiger charge is -2.17. The molecule has 0 saturated carbocycles. The van der Waals surface area contributed by atoms with E-state index in [1.165, 1.54) is 151 Å². The fraction of sp³-hybridized carbons (Fsp3) is 0. The van der Waals surface area contributed by atoms with E-state index in [0.29, 0.717) is 0 Å². The summed E-state index contributed by atoms with van der Waals surface area (Å²) in [6.45, 7) is 0. The Hall–Kier alpha value is -8.10. The van der Waals surface area contributed by atoms with Gasteiger partial charge in [0, 0.05) is 20.2 Å². The van der Waals surface area contributed by atoms with Gasteiger partial charge in [0.15, 0.2) is 0 Å². The average Bonchev–Trinajstić information content (AvgIpc) is 3.74. The van der Waals surface area contributed by atoms with Crippen LogP contribution in [0.3, 0.4) is 0 Å². The Bertz CT molecular complexity index is 4180. The van der Waals surface area contributed by atoms with Gasteiger partial charge in [-0.2, -0.15) is 0 Å². The van der Waals surface area contributed by atoms with Crippen LogP contribution in [0.5, 0.6) is 0 Å². The van der Waals surface area contributed by atoms with Crippen LogP contribution in [0, 0.1) is 0 Å². The van der Waals surface area contributed by atoms with Crippen molar-refractivity contribution in [3.8, 4) is 44.5 Å². The first-order valence-electron chi connectivity index (χ1n) is 22.6. The number of thiophene rings is 1. The summed E-state index contributed by atoms with van der Waals surface area (Å²) in [4.78, 5) is 0. The maximum atomic E-state index is 2.45. The molecule has 0 bridgehead atoms. The zero-order valence-corrected chi connectivity index (χ0v) is 36.0. The summed E-state index contributed by atoms with van der Waals surface area (Å²) in [5.74, 6) is 0. The molecule has 0 aliphatic carbocycles. The Labute approximate surface area is 378 Å². The van der Waals surface area contributed by atoms with Crippen molar-refractivity contribution in [3.63, 3.8) is 0 Å². The molecule has 0 nitrogen and oxygen atoms in total. The topological polar surface area (TPSA) is 0 Å². The van der Waals surface area contributed by atoms with Crippen molar-refractivity contribution < 1.29 is 0 Å². The molecule has 0 radical (unpaired) electrons. The highest BCUT2D eigenvalue weighted by atomic mass is 32.1. The van der Waals surface area contributed by atoms with Crippen LogP contribution in [0.2, 0.25) is 0 Å². The van der Waals surface area contributed by atoms with Gasteiger partial charge in [0.25, 0.3) is 0 Å². The van der Waals surface area contributed by atoms with Crippen molar-refractivity contribution >= 4 is 118 Å². The molecule has 65 heavy (non-hydrogen) atoms. The number of hydrogen-bond donors (Lipinski definition) is 0. The molecule has 15 rings (SSSR count).